The minimum atomic E-state index is -4.24. The molecule has 0 aromatic heterocycles. The van der Waals surface area contributed by atoms with Gasteiger partial charge in [0.1, 0.15) is 6.54 Å². The number of carbonyl (C=O) groups excluding carboxylic acids is 3. The van der Waals surface area contributed by atoms with Crippen LogP contribution in [0.1, 0.15) is 70.9 Å². The zero-order valence-electron chi connectivity index (χ0n) is 28.4. The van der Waals surface area contributed by atoms with Crippen molar-refractivity contribution >= 4 is 45.0 Å². The summed E-state index contributed by atoms with van der Waals surface area (Å²) in [7, 11) is -4.24. The van der Waals surface area contributed by atoms with Gasteiger partial charge in [-0.1, -0.05) is 80.6 Å². The fourth-order valence-corrected chi connectivity index (χ4v) is 7.36. The summed E-state index contributed by atoms with van der Waals surface area (Å²) in [6.45, 7) is 9.52. The number of benzene rings is 2. The lowest BCUT2D eigenvalue weighted by Crippen LogP contribution is -2.34. The smallest absolute Gasteiger partial charge is 0.335 e. The Bertz CT molecular complexity index is 1880. The lowest BCUT2D eigenvalue weighted by Gasteiger charge is -2.27. The molecule has 3 aliphatic rings. The highest BCUT2D eigenvalue weighted by Crippen LogP contribution is 2.47. The number of imide groups is 1. The third kappa shape index (κ3) is 7.84. The molecule has 10 nitrogen and oxygen atoms in total. The topological polar surface area (TPSA) is 127 Å². The van der Waals surface area contributed by atoms with Crippen molar-refractivity contribution in [2.24, 2.45) is 0 Å². The predicted octanol–water partition coefficient (Wildman–Crippen LogP) is 5.74. The van der Waals surface area contributed by atoms with E-state index in [2.05, 4.69) is 61.4 Å². The van der Waals surface area contributed by atoms with Crippen LogP contribution in [0.5, 0.6) is 0 Å². The minimum Gasteiger partial charge on any atom is -0.748 e. The molecule has 0 aliphatic carbocycles. The van der Waals surface area contributed by atoms with Crippen molar-refractivity contribution in [3.05, 3.63) is 108 Å². The number of unbranched alkanes of at least 4 members (excludes halogenated alkanes) is 1. The van der Waals surface area contributed by atoms with Crippen molar-refractivity contribution in [1.82, 2.24) is 5.06 Å². The van der Waals surface area contributed by atoms with E-state index in [1.165, 1.54) is 5.56 Å². The van der Waals surface area contributed by atoms with Gasteiger partial charge in [-0.3, -0.25) is 9.59 Å². The summed E-state index contributed by atoms with van der Waals surface area (Å²) in [5.41, 5.74) is 5.89. The van der Waals surface area contributed by atoms with Crippen molar-refractivity contribution < 1.29 is 36.8 Å². The number of hydrogen-bond donors (Lipinski definition) is 0. The van der Waals surface area contributed by atoms with Crippen LogP contribution in [0.4, 0.5) is 11.4 Å². The summed E-state index contributed by atoms with van der Waals surface area (Å²) in [5, 5.41) is 0.582. The Kier molecular flexibility index (Phi) is 10.5. The molecule has 0 bridgehead atoms. The van der Waals surface area contributed by atoms with E-state index >= 15 is 0 Å². The van der Waals surface area contributed by atoms with Gasteiger partial charge in [0.25, 0.3) is 11.8 Å². The van der Waals surface area contributed by atoms with Gasteiger partial charge in [0.05, 0.1) is 22.0 Å². The quantitative estimate of drug-likeness (QED) is 0.0860. The Balaban J connectivity index is 1.29. The van der Waals surface area contributed by atoms with E-state index in [-0.39, 0.29) is 35.8 Å². The molecule has 0 spiro atoms. The molecule has 0 atom stereocenters. The molecule has 0 saturated carbocycles. The third-order valence-electron chi connectivity index (χ3n) is 9.32. The molecule has 2 amide bonds. The molecule has 0 radical (unpaired) electrons. The van der Waals surface area contributed by atoms with Crippen molar-refractivity contribution in [3.63, 3.8) is 0 Å². The van der Waals surface area contributed by atoms with Crippen molar-refractivity contribution in [1.29, 1.82) is 0 Å². The molecule has 1 fully saturated rings. The number of amides is 2. The molecule has 0 N–H and O–H groups in total. The Morgan fingerprint density at radius 2 is 1.51 bits per heavy atom. The number of allylic oxidation sites excluding steroid dienone is 8. The van der Waals surface area contributed by atoms with Crippen LogP contribution in [-0.4, -0.2) is 64.9 Å². The fourth-order valence-electron chi connectivity index (χ4n) is 6.81. The van der Waals surface area contributed by atoms with Crippen LogP contribution >= 0.6 is 0 Å². The van der Waals surface area contributed by atoms with Crippen molar-refractivity contribution in [3.8, 4) is 0 Å². The van der Waals surface area contributed by atoms with Gasteiger partial charge in [0.15, 0.2) is 5.71 Å². The highest BCUT2D eigenvalue weighted by atomic mass is 32.2. The first-order chi connectivity index (χ1) is 23.2. The lowest BCUT2D eigenvalue weighted by molar-refractivity contribution is -0.438. The molecule has 3 heterocycles. The number of carbonyl (C=O) groups is 3. The Hall–Kier alpha value is -4.61. The van der Waals surface area contributed by atoms with Crippen molar-refractivity contribution in [2.75, 3.05) is 23.7 Å². The maximum absolute atomic E-state index is 12.6. The first-order valence-corrected chi connectivity index (χ1v) is 18.1. The van der Waals surface area contributed by atoms with Gasteiger partial charge in [-0.15, -0.1) is 5.06 Å². The van der Waals surface area contributed by atoms with Gasteiger partial charge in [-0.25, -0.2) is 13.2 Å². The van der Waals surface area contributed by atoms with Crippen LogP contribution in [-0.2, 0) is 40.2 Å². The molecular weight excluding hydrogens is 642 g/mol. The zero-order valence-corrected chi connectivity index (χ0v) is 29.2. The largest absolute Gasteiger partial charge is 0.748 e. The Labute approximate surface area is 288 Å². The fraction of sp³-hybridized carbons (Fsp3) is 0.368. The average Bonchev–Trinajstić information content (AvgIpc) is 3.56. The van der Waals surface area contributed by atoms with Crippen LogP contribution in [0, 0.1) is 0 Å². The van der Waals surface area contributed by atoms with E-state index in [1.807, 2.05) is 66.8 Å². The molecule has 258 valence electrons. The monoisotopic (exact) mass is 685 g/mol. The molecule has 49 heavy (non-hydrogen) atoms. The lowest BCUT2D eigenvalue weighted by atomic mass is 9.81. The van der Waals surface area contributed by atoms with Gasteiger partial charge >= 0.3 is 5.97 Å². The van der Waals surface area contributed by atoms with Gasteiger partial charge in [0, 0.05) is 66.1 Å². The van der Waals surface area contributed by atoms with Gasteiger partial charge in [-0.05, 0) is 38.0 Å². The second-order valence-corrected chi connectivity index (χ2v) is 14.9. The SMILES string of the molecule is CC1(C)C(/C=C/C=C/C=C/C=C2/N(CCC(=O)ON3C(=O)CCC3=O)c3ccccc3C2(C)C)=[N+](CCCCS(=O)(=O)[O-])c2ccccc21. The molecule has 0 unspecified atom stereocenters. The molecule has 2 aromatic rings. The number of anilines is 1. The maximum Gasteiger partial charge on any atom is 0.335 e. The molecular formula is C38H43N3O7S. The average molecular weight is 686 g/mol. The van der Waals surface area contributed by atoms with Crippen LogP contribution in [0.3, 0.4) is 0 Å². The first kappa shape index (κ1) is 35.7. The summed E-state index contributed by atoms with van der Waals surface area (Å²) in [6.07, 6.45) is 14.9. The number of hydrogen-bond acceptors (Lipinski definition) is 8. The molecule has 11 heteroatoms. The second-order valence-electron chi connectivity index (χ2n) is 13.4. The number of nitrogens with zero attached hydrogens (tertiary/aromatic N) is 3. The highest BCUT2D eigenvalue weighted by Gasteiger charge is 2.44. The van der Waals surface area contributed by atoms with E-state index in [9.17, 15) is 27.4 Å². The van der Waals surface area contributed by atoms with E-state index in [1.54, 1.807) is 0 Å². The van der Waals surface area contributed by atoms with Crippen LogP contribution in [0.25, 0.3) is 0 Å². The third-order valence-corrected chi connectivity index (χ3v) is 10.1. The predicted molar refractivity (Wildman–Crippen MR) is 187 cm³/mol. The number of rotatable bonds is 13. The summed E-state index contributed by atoms with van der Waals surface area (Å²) in [6, 6.07) is 16.2. The highest BCUT2D eigenvalue weighted by molar-refractivity contribution is 7.85. The van der Waals surface area contributed by atoms with Crippen LogP contribution in [0.2, 0.25) is 0 Å². The molecule has 1 saturated heterocycles. The normalized spacial score (nSPS) is 19.3. The van der Waals surface area contributed by atoms with Gasteiger partial charge in [0.2, 0.25) is 5.69 Å². The van der Waals surface area contributed by atoms with Crippen LogP contribution < -0.4 is 4.90 Å². The molecule has 3 aliphatic heterocycles. The van der Waals surface area contributed by atoms with Crippen LogP contribution in [0.15, 0.2) is 96.8 Å². The first-order valence-electron chi connectivity index (χ1n) is 16.6. The second kappa shape index (κ2) is 14.5. The van der Waals surface area contributed by atoms with E-state index in [0.29, 0.717) is 31.0 Å². The maximum atomic E-state index is 12.6. The summed E-state index contributed by atoms with van der Waals surface area (Å²) >= 11 is 0. The van der Waals surface area contributed by atoms with E-state index < -0.39 is 27.9 Å². The summed E-state index contributed by atoms with van der Waals surface area (Å²) in [5.74, 6) is -2.01. The van der Waals surface area contributed by atoms with Gasteiger partial charge in [-0.2, -0.15) is 4.58 Å². The molecule has 2 aromatic carbocycles. The zero-order chi connectivity index (χ0) is 35.4. The van der Waals surface area contributed by atoms with E-state index in [4.69, 9.17) is 4.84 Å². The van der Waals surface area contributed by atoms with Crippen molar-refractivity contribution in [2.45, 2.75) is 70.6 Å². The number of fused-ring (bicyclic) bond motifs is 2. The summed E-state index contributed by atoms with van der Waals surface area (Å²) in [4.78, 5) is 43.6. The Morgan fingerprint density at radius 1 is 0.878 bits per heavy atom. The Morgan fingerprint density at radius 3 is 2.22 bits per heavy atom. The van der Waals surface area contributed by atoms with E-state index in [0.717, 1.165) is 28.3 Å². The minimum absolute atomic E-state index is 0.0129. The number of para-hydroxylation sites is 2. The van der Waals surface area contributed by atoms with Gasteiger partial charge < -0.3 is 14.3 Å². The number of hydroxylamine groups is 2. The summed E-state index contributed by atoms with van der Waals surface area (Å²) < 4.78 is 35.5. The molecule has 5 rings (SSSR count). The standard InChI is InChI=1S/C38H43N3O7S/c1-37(2)28-16-10-12-18-30(28)39(25-14-15-27-49(45,46)47)32(37)20-8-6-5-7-9-21-33-38(3,4)29-17-11-13-19-31(29)40(33)26-24-36(44)48-41-34(42)22-23-35(41)43/h5-13,16-21H,14-15,22-27H2,1-4H3.